The Labute approximate surface area is 513 Å². The van der Waals surface area contributed by atoms with Crippen molar-refractivity contribution in [3.63, 3.8) is 0 Å². The number of benzene rings is 6. The van der Waals surface area contributed by atoms with E-state index in [2.05, 4.69) is 56.5 Å². The lowest BCUT2D eigenvalue weighted by Gasteiger charge is -2.15. The van der Waals surface area contributed by atoms with Crippen molar-refractivity contribution in [2.75, 3.05) is 26.6 Å². The zero-order valence-corrected chi connectivity index (χ0v) is 49.2. The molecule has 0 atom stereocenters. The summed E-state index contributed by atoms with van der Waals surface area (Å²) in [6, 6.07) is 27.3. The number of anilines is 7. The standard InChI is InChI=1S/C21H18F3N5O.C20H16F3N7O2.C13H5Cl7O2S/c22-21(23,24)14-3-1-4-15(11-14)26-18-9-10-25-20(29-18)28-17-6-2-5-16(12-17)27-19(30)13-7-8-13;21-20(22,23)14-3-1-2-13(8-14)10-25-19-28-17(16-18(29-19)27-11-26-16)24-9-12-4-6-15(7-5-12)30(31)32;1-4-2-5(14)9(18)12(8(4)17)23(21,22)13-10(19)6(15)3-7(16)11(13)20/h1-6,9-13H,7-8H2,(H,27,30)(H2,25,26,28,29);1-8,11H,9-10H2,(H3,24,25,26,27,28,29);2-3H,1H3. The summed E-state index contributed by atoms with van der Waals surface area (Å²) in [6.07, 6.45) is -4.06. The molecule has 31 heteroatoms. The molecule has 6 aromatic carbocycles. The van der Waals surface area contributed by atoms with E-state index in [1.807, 2.05) is 0 Å². The highest BCUT2D eigenvalue weighted by molar-refractivity contribution is 7.92. The van der Waals surface area contributed by atoms with Gasteiger partial charge >= 0.3 is 12.4 Å². The van der Waals surface area contributed by atoms with Crippen LogP contribution in [-0.4, -0.2) is 49.2 Å². The largest absolute Gasteiger partial charge is 0.416 e. The fourth-order valence-electron chi connectivity index (χ4n) is 7.63. The highest BCUT2D eigenvalue weighted by Gasteiger charge is 2.34. The van der Waals surface area contributed by atoms with E-state index >= 15 is 0 Å². The Balaban J connectivity index is 0.000000168. The van der Waals surface area contributed by atoms with Crippen molar-refractivity contribution < 1.29 is 44.5 Å². The van der Waals surface area contributed by atoms with E-state index < -0.39 is 48.0 Å². The third-order valence-electron chi connectivity index (χ3n) is 12.0. The van der Waals surface area contributed by atoms with Crippen molar-refractivity contribution >= 4 is 154 Å². The molecule has 0 aliphatic heterocycles. The van der Waals surface area contributed by atoms with Crippen LogP contribution in [0.15, 0.2) is 138 Å². The summed E-state index contributed by atoms with van der Waals surface area (Å²) in [5.74, 6) is 1.33. The number of non-ortho nitro benzene ring substituents is 1. The molecule has 0 bridgehead atoms. The van der Waals surface area contributed by atoms with Crippen molar-refractivity contribution in [3.05, 3.63) is 201 Å². The lowest BCUT2D eigenvalue weighted by Crippen LogP contribution is -2.13. The lowest BCUT2D eigenvalue weighted by molar-refractivity contribution is -0.384. The fourth-order valence-corrected chi connectivity index (χ4v) is 12.1. The van der Waals surface area contributed by atoms with Gasteiger partial charge in [-0.2, -0.15) is 41.3 Å². The molecule has 9 aromatic rings. The summed E-state index contributed by atoms with van der Waals surface area (Å²) in [5, 5.41) is 24.5. The van der Waals surface area contributed by atoms with Gasteiger partial charge in [0, 0.05) is 54.4 Å². The molecule has 1 amide bonds. The Morgan fingerprint density at radius 1 is 0.647 bits per heavy atom. The van der Waals surface area contributed by atoms with E-state index in [0.29, 0.717) is 51.8 Å². The first kappa shape index (κ1) is 63.6. The summed E-state index contributed by atoms with van der Waals surface area (Å²) in [6.45, 7) is 2.00. The van der Waals surface area contributed by atoms with Crippen LogP contribution in [0.3, 0.4) is 0 Å². The third kappa shape index (κ3) is 16.3. The minimum absolute atomic E-state index is 0.00665. The Kier molecular flexibility index (Phi) is 20.1. The second-order valence-electron chi connectivity index (χ2n) is 18.2. The van der Waals surface area contributed by atoms with Crippen molar-refractivity contribution in [1.29, 1.82) is 0 Å². The molecular formula is C54H39Cl7F6N12O5S. The molecule has 3 heterocycles. The van der Waals surface area contributed by atoms with Crippen molar-refractivity contribution in [3.8, 4) is 0 Å². The highest BCUT2D eigenvalue weighted by Crippen LogP contribution is 2.47. The van der Waals surface area contributed by atoms with Crippen LogP contribution < -0.4 is 26.6 Å². The molecule has 1 aliphatic rings. The maximum atomic E-state index is 13.0. The second kappa shape index (κ2) is 26.9. The number of nitro groups is 1. The fraction of sp³-hybridized carbons (Fsp3) is 0.148. The molecule has 1 saturated carbocycles. The van der Waals surface area contributed by atoms with Gasteiger partial charge in [-0.15, -0.1) is 0 Å². The van der Waals surface area contributed by atoms with Gasteiger partial charge in [0.15, 0.2) is 11.5 Å². The van der Waals surface area contributed by atoms with E-state index in [1.54, 1.807) is 55.5 Å². The molecule has 1 aliphatic carbocycles. The Morgan fingerprint density at radius 3 is 1.86 bits per heavy atom. The summed E-state index contributed by atoms with van der Waals surface area (Å²) >= 11 is 41.9. The van der Waals surface area contributed by atoms with Gasteiger partial charge in [-0.3, -0.25) is 14.9 Å². The van der Waals surface area contributed by atoms with Crippen LogP contribution in [0, 0.1) is 23.0 Å². The first-order chi connectivity index (χ1) is 40.2. The van der Waals surface area contributed by atoms with Crippen LogP contribution in [0.25, 0.3) is 11.2 Å². The number of nitro benzene ring substituents is 1. The second-order valence-corrected chi connectivity index (χ2v) is 22.8. The summed E-state index contributed by atoms with van der Waals surface area (Å²) in [4.78, 5) is 45.4. The van der Waals surface area contributed by atoms with E-state index in [0.717, 1.165) is 42.7 Å². The van der Waals surface area contributed by atoms with Gasteiger partial charge < -0.3 is 31.6 Å². The average molecular weight is 1330 g/mol. The number of halogens is 13. The summed E-state index contributed by atoms with van der Waals surface area (Å²) < 4.78 is 103. The number of aryl methyl sites for hydroxylation is 1. The number of fused-ring (bicyclic) bond motifs is 1. The molecule has 1 fully saturated rings. The number of imidazole rings is 1. The zero-order valence-electron chi connectivity index (χ0n) is 43.1. The number of amides is 1. The van der Waals surface area contributed by atoms with Gasteiger partial charge in [-0.1, -0.05) is 118 Å². The number of rotatable bonds is 15. The number of carbonyl (C=O) groups is 1. The number of hydrogen-bond donors (Lipinski definition) is 6. The molecule has 442 valence electrons. The molecule has 85 heavy (non-hydrogen) atoms. The van der Waals surface area contributed by atoms with Crippen LogP contribution in [-0.2, 0) is 40.1 Å². The predicted octanol–water partition coefficient (Wildman–Crippen LogP) is 17.2. The van der Waals surface area contributed by atoms with Crippen LogP contribution >= 0.6 is 81.2 Å². The van der Waals surface area contributed by atoms with E-state index in [9.17, 15) is 49.7 Å². The van der Waals surface area contributed by atoms with Gasteiger partial charge in [-0.25, -0.2) is 18.4 Å². The number of carbonyl (C=O) groups excluding carboxylic acids is 1. The SMILES string of the molecule is Cc1cc(Cl)c(Cl)c(S(=O)(=O)c2c(Cl)c(Cl)cc(Cl)c2Cl)c1Cl.O=C(Nc1cccc(Nc2nccc(Nc3cccc(C(F)(F)F)c3)n2)c1)C1CC1.O=[N+]([O-])c1ccc(CNc2nc(NCc3cccc(C(F)(F)F)c3)nc3nc[nH]c23)cc1. The predicted molar refractivity (Wildman–Crippen MR) is 317 cm³/mol. The number of H-pyrrole nitrogens is 1. The van der Waals surface area contributed by atoms with Crippen LogP contribution in [0.1, 0.15) is 40.7 Å². The molecule has 0 radical (unpaired) electrons. The molecule has 6 N–H and O–H groups in total. The Bertz CT molecular complexity index is 3970. The van der Waals surface area contributed by atoms with E-state index in [4.69, 9.17) is 81.2 Å². The molecular weight excluding hydrogens is 1290 g/mol. The Hall–Kier alpha value is -7.42. The third-order valence-corrected chi connectivity index (χ3v) is 17.1. The van der Waals surface area contributed by atoms with Gasteiger partial charge in [0.1, 0.15) is 21.1 Å². The number of nitrogens with one attached hydrogen (secondary N) is 6. The quantitative estimate of drug-likeness (QED) is 0.0243. The minimum atomic E-state index is -4.42. The monoisotopic (exact) mass is 1330 g/mol. The van der Waals surface area contributed by atoms with Crippen molar-refractivity contribution in [2.45, 2.75) is 55.0 Å². The maximum Gasteiger partial charge on any atom is 0.416 e. The maximum absolute atomic E-state index is 13.0. The van der Waals surface area contributed by atoms with Gasteiger partial charge in [0.25, 0.3) is 5.69 Å². The number of nitrogens with zero attached hydrogens (tertiary/aromatic N) is 6. The average Bonchev–Trinajstić information content (AvgIpc) is 1.96. The number of aromatic nitrogens is 6. The van der Waals surface area contributed by atoms with Gasteiger partial charge in [0.05, 0.1) is 57.5 Å². The first-order valence-corrected chi connectivity index (χ1v) is 28.5. The molecule has 0 spiro atoms. The molecule has 3 aromatic heterocycles. The summed E-state index contributed by atoms with van der Waals surface area (Å²) in [7, 11) is -4.33. The van der Waals surface area contributed by atoms with Crippen LogP contribution in [0.4, 0.5) is 72.6 Å². The smallest absolute Gasteiger partial charge is 0.364 e. The number of aromatic amines is 1. The van der Waals surface area contributed by atoms with Crippen LogP contribution in [0.5, 0.6) is 0 Å². The summed E-state index contributed by atoms with van der Waals surface area (Å²) in [5.41, 5.74) is 2.67. The topological polar surface area (TPSA) is 235 Å². The normalized spacial score (nSPS) is 12.3. The first-order valence-electron chi connectivity index (χ1n) is 24.4. The molecule has 17 nitrogen and oxygen atoms in total. The van der Waals surface area contributed by atoms with Gasteiger partial charge in [-0.05, 0) is 103 Å². The van der Waals surface area contributed by atoms with Crippen LogP contribution in [0.2, 0.25) is 35.2 Å². The Morgan fingerprint density at radius 2 is 1.22 bits per heavy atom. The van der Waals surface area contributed by atoms with Crippen molar-refractivity contribution in [2.24, 2.45) is 5.92 Å². The van der Waals surface area contributed by atoms with E-state index in [-0.39, 0.29) is 76.8 Å². The molecule has 0 unspecified atom stereocenters. The lowest BCUT2D eigenvalue weighted by atomic mass is 10.1. The number of hydrogen-bond acceptors (Lipinski definition) is 14. The molecule has 10 rings (SSSR count). The number of alkyl halides is 6. The van der Waals surface area contributed by atoms with Crippen molar-refractivity contribution in [1.82, 2.24) is 29.9 Å². The van der Waals surface area contributed by atoms with E-state index in [1.165, 1.54) is 55.0 Å². The zero-order chi connectivity index (χ0) is 61.5. The highest BCUT2D eigenvalue weighted by atomic mass is 35.5. The molecule has 0 saturated heterocycles. The minimum Gasteiger partial charge on any atom is -0.364 e. The van der Waals surface area contributed by atoms with Gasteiger partial charge in [0.2, 0.25) is 27.6 Å². The number of sulfone groups is 1.